The summed E-state index contributed by atoms with van der Waals surface area (Å²) < 4.78 is 0. The molecule has 7 heteroatoms. The first-order valence-electron chi connectivity index (χ1n) is 6.98. The van der Waals surface area contributed by atoms with Crippen LogP contribution in [-0.4, -0.2) is 24.9 Å². The maximum atomic E-state index is 4.50. The van der Waals surface area contributed by atoms with Crippen molar-refractivity contribution >= 4 is 35.3 Å². The fourth-order valence-electron chi connectivity index (χ4n) is 2.28. The second-order valence-corrected chi connectivity index (χ2v) is 5.32. The molecule has 0 spiro atoms. The van der Waals surface area contributed by atoms with Crippen molar-refractivity contribution in [2.45, 2.75) is 5.16 Å². The molecule has 0 amide bonds. The summed E-state index contributed by atoms with van der Waals surface area (Å²) in [5, 5.41) is 3.78. The molecule has 0 saturated carbocycles. The first-order chi connectivity index (χ1) is 11.3. The van der Waals surface area contributed by atoms with E-state index in [1.807, 2.05) is 42.5 Å². The highest BCUT2D eigenvalue weighted by Crippen LogP contribution is 2.21. The van der Waals surface area contributed by atoms with Gasteiger partial charge < -0.3 is 10.3 Å². The Morgan fingerprint density at radius 1 is 0.913 bits per heavy atom. The molecule has 3 aromatic heterocycles. The number of aromatic amines is 1. The summed E-state index contributed by atoms with van der Waals surface area (Å²) in [6.45, 7) is 0. The molecule has 0 bridgehead atoms. The number of imidazole rings is 1. The van der Waals surface area contributed by atoms with Crippen LogP contribution in [0, 0.1) is 0 Å². The topological polar surface area (TPSA) is 79.4 Å². The van der Waals surface area contributed by atoms with Gasteiger partial charge in [-0.15, -0.1) is 12.6 Å². The summed E-state index contributed by atoms with van der Waals surface area (Å²) in [6, 6.07) is 13.3. The third-order valence-electron chi connectivity index (χ3n) is 3.31. The Morgan fingerprint density at radius 3 is 2.74 bits per heavy atom. The van der Waals surface area contributed by atoms with Crippen LogP contribution in [0.5, 0.6) is 0 Å². The van der Waals surface area contributed by atoms with Gasteiger partial charge in [-0.3, -0.25) is 4.98 Å². The van der Waals surface area contributed by atoms with Gasteiger partial charge in [-0.05, 0) is 36.4 Å². The zero-order valence-electron chi connectivity index (χ0n) is 11.9. The van der Waals surface area contributed by atoms with Crippen molar-refractivity contribution < 1.29 is 0 Å². The van der Waals surface area contributed by atoms with Crippen molar-refractivity contribution in [3.05, 3.63) is 54.9 Å². The van der Waals surface area contributed by atoms with Crippen LogP contribution in [0.1, 0.15) is 0 Å². The predicted octanol–water partition coefficient (Wildman–Crippen LogP) is 3.45. The largest absolute Gasteiger partial charge is 0.333 e. The van der Waals surface area contributed by atoms with E-state index >= 15 is 0 Å². The van der Waals surface area contributed by atoms with Crippen molar-refractivity contribution in [3.63, 3.8) is 0 Å². The van der Waals surface area contributed by atoms with E-state index in [-0.39, 0.29) is 0 Å². The lowest BCUT2D eigenvalue weighted by atomic mass is 10.2. The molecule has 4 aromatic rings. The molecule has 3 heterocycles. The average Bonchev–Trinajstić information content (AvgIpc) is 2.95. The molecule has 0 aliphatic carbocycles. The quantitative estimate of drug-likeness (QED) is 0.504. The molecule has 0 radical (unpaired) electrons. The number of pyridine rings is 1. The van der Waals surface area contributed by atoms with E-state index in [2.05, 4.69) is 42.9 Å². The summed E-state index contributed by atoms with van der Waals surface area (Å²) in [7, 11) is 0. The summed E-state index contributed by atoms with van der Waals surface area (Å²) in [5.41, 5.74) is 4.20. The van der Waals surface area contributed by atoms with Crippen LogP contribution in [-0.2, 0) is 0 Å². The Morgan fingerprint density at radius 2 is 1.87 bits per heavy atom. The minimum Gasteiger partial charge on any atom is -0.333 e. The smallest absolute Gasteiger partial charge is 0.227 e. The maximum absolute atomic E-state index is 4.50. The van der Waals surface area contributed by atoms with Gasteiger partial charge in [0.2, 0.25) is 5.95 Å². The summed E-state index contributed by atoms with van der Waals surface area (Å²) >= 11 is 4.21. The van der Waals surface area contributed by atoms with Gasteiger partial charge in [0.05, 0.1) is 22.4 Å². The lowest BCUT2D eigenvalue weighted by Crippen LogP contribution is -1.98. The van der Waals surface area contributed by atoms with Gasteiger partial charge in [-0.1, -0.05) is 6.07 Å². The molecule has 1 aromatic carbocycles. The predicted molar refractivity (Wildman–Crippen MR) is 91.9 cm³/mol. The number of benzene rings is 1. The number of aromatic nitrogens is 5. The number of nitrogens with one attached hydrogen (secondary N) is 2. The lowest BCUT2D eigenvalue weighted by molar-refractivity contribution is 1.09. The lowest BCUT2D eigenvalue weighted by Gasteiger charge is -2.06. The van der Waals surface area contributed by atoms with E-state index in [0.29, 0.717) is 11.1 Å². The van der Waals surface area contributed by atoms with Gasteiger partial charge in [0.25, 0.3) is 0 Å². The fraction of sp³-hybridized carbons (Fsp3) is 0. The SMILES string of the molecule is Sc1nc2cc(Nc3nccc(-c4ccccn4)n3)ccc2[nH]1. The zero-order valence-corrected chi connectivity index (χ0v) is 12.8. The molecule has 2 N–H and O–H groups in total. The normalized spacial score (nSPS) is 10.8. The highest BCUT2D eigenvalue weighted by molar-refractivity contribution is 7.80. The second kappa shape index (κ2) is 5.69. The Balaban J connectivity index is 1.65. The molecule has 6 nitrogen and oxygen atoms in total. The summed E-state index contributed by atoms with van der Waals surface area (Å²) in [5.74, 6) is 0.508. The van der Waals surface area contributed by atoms with Crippen molar-refractivity contribution in [3.8, 4) is 11.4 Å². The molecular weight excluding hydrogens is 308 g/mol. The number of hydrogen-bond donors (Lipinski definition) is 3. The Kier molecular flexibility index (Phi) is 3.39. The monoisotopic (exact) mass is 320 g/mol. The molecule has 0 fully saturated rings. The molecule has 0 aliphatic rings. The molecule has 0 atom stereocenters. The van der Waals surface area contributed by atoms with E-state index in [0.717, 1.165) is 28.1 Å². The number of hydrogen-bond acceptors (Lipinski definition) is 6. The van der Waals surface area contributed by atoms with Crippen molar-refractivity contribution in [1.29, 1.82) is 0 Å². The standard InChI is InChI=1S/C16H12N6S/c23-16-21-12-5-4-10(9-14(12)22-16)19-15-18-8-6-13(20-15)11-3-1-2-7-17-11/h1-9H,(H,18,19,20)(H2,21,22,23). The minimum absolute atomic E-state index is 0.508. The molecule has 0 unspecified atom stereocenters. The molecule has 112 valence electrons. The van der Waals surface area contributed by atoms with E-state index < -0.39 is 0 Å². The summed E-state index contributed by atoms with van der Waals surface area (Å²) in [4.78, 5) is 20.4. The average molecular weight is 320 g/mol. The maximum Gasteiger partial charge on any atom is 0.227 e. The second-order valence-electron chi connectivity index (χ2n) is 4.90. The highest BCUT2D eigenvalue weighted by Gasteiger charge is 2.05. The van der Waals surface area contributed by atoms with Gasteiger partial charge in [0.1, 0.15) is 0 Å². The van der Waals surface area contributed by atoms with Gasteiger partial charge in [0.15, 0.2) is 5.16 Å². The minimum atomic E-state index is 0.508. The van der Waals surface area contributed by atoms with Crippen LogP contribution in [0.4, 0.5) is 11.6 Å². The number of nitrogens with zero attached hydrogens (tertiary/aromatic N) is 4. The number of rotatable bonds is 3. The van der Waals surface area contributed by atoms with Gasteiger partial charge in [-0.2, -0.15) is 0 Å². The first-order valence-corrected chi connectivity index (χ1v) is 7.43. The Hall–Kier alpha value is -2.93. The van der Waals surface area contributed by atoms with Crippen LogP contribution >= 0.6 is 12.6 Å². The number of thiol groups is 1. The Labute approximate surface area is 137 Å². The highest BCUT2D eigenvalue weighted by atomic mass is 32.1. The molecule has 4 rings (SSSR count). The van der Waals surface area contributed by atoms with Crippen LogP contribution in [0.15, 0.2) is 60.0 Å². The molecule has 0 saturated heterocycles. The third kappa shape index (κ3) is 2.86. The first kappa shape index (κ1) is 13.7. The van der Waals surface area contributed by atoms with E-state index in [1.165, 1.54) is 0 Å². The van der Waals surface area contributed by atoms with Gasteiger partial charge in [-0.25, -0.2) is 15.0 Å². The van der Waals surface area contributed by atoms with Crippen LogP contribution in [0.2, 0.25) is 0 Å². The third-order valence-corrected chi connectivity index (χ3v) is 3.52. The van der Waals surface area contributed by atoms with Crippen LogP contribution in [0.25, 0.3) is 22.4 Å². The summed E-state index contributed by atoms with van der Waals surface area (Å²) in [6.07, 6.45) is 3.45. The molecule has 23 heavy (non-hydrogen) atoms. The van der Waals surface area contributed by atoms with Crippen molar-refractivity contribution in [2.24, 2.45) is 0 Å². The van der Waals surface area contributed by atoms with Crippen LogP contribution < -0.4 is 5.32 Å². The van der Waals surface area contributed by atoms with Crippen molar-refractivity contribution in [1.82, 2.24) is 24.9 Å². The van der Waals surface area contributed by atoms with Gasteiger partial charge in [0, 0.05) is 18.1 Å². The number of fused-ring (bicyclic) bond motifs is 1. The molecular formula is C16H12N6S. The fourth-order valence-corrected chi connectivity index (χ4v) is 2.50. The van der Waals surface area contributed by atoms with E-state index in [9.17, 15) is 0 Å². The number of anilines is 2. The van der Waals surface area contributed by atoms with Crippen molar-refractivity contribution in [2.75, 3.05) is 5.32 Å². The Bertz CT molecular complexity index is 967. The molecule has 0 aliphatic heterocycles. The van der Waals surface area contributed by atoms with E-state index in [4.69, 9.17) is 0 Å². The number of H-pyrrole nitrogens is 1. The van der Waals surface area contributed by atoms with Crippen LogP contribution in [0.3, 0.4) is 0 Å². The zero-order chi connectivity index (χ0) is 15.6. The van der Waals surface area contributed by atoms with Gasteiger partial charge >= 0.3 is 0 Å². The van der Waals surface area contributed by atoms with E-state index in [1.54, 1.807) is 12.4 Å².